The number of ether oxygens (including phenoxy) is 1. The number of aryl methyl sites for hydroxylation is 1. The van der Waals surface area contributed by atoms with Gasteiger partial charge >= 0.3 is 0 Å². The number of para-hydroxylation sites is 1. The van der Waals surface area contributed by atoms with E-state index in [0.717, 1.165) is 24.1 Å². The Morgan fingerprint density at radius 2 is 2.12 bits per heavy atom. The summed E-state index contributed by atoms with van der Waals surface area (Å²) in [4.78, 5) is 4.30. The van der Waals surface area contributed by atoms with Crippen molar-refractivity contribution in [2.24, 2.45) is 0 Å². The molecule has 86 valence electrons. The molecule has 1 aliphatic rings. The Bertz CT molecular complexity index is 525. The predicted molar refractivity (Wildman–Crippen MR) is 64.0 cm³/mol. The second-order valence-corrected chi connectivity index (χ2v) is 4.17. The van der Waals surface area contributed by atoms with E-state index in [2.05, 4.69) is 4.98 Å². The van der Waals surface area contributed by atoms with Gasteiger partial charge in [-0.05, 0) is 36.6 Å². The van der Waals surface area contributed by atoms with Crippen LogP contribution in [0.2, 0.25) is 0 Å². The summed E-state index contributed by atoms with van der Waals surface area (Å²) in [5, 5.41) is 9.78. The Labute approximate surface area is 99.7 Å². The number of aromatic hydroxyl groups is 1. The minimum absolute atomic E-state index is 0.0583. The van der Waals surface area contributed by atoms with Crippen molar-refractivity contribution < 1.29 is 9.84 Å². The molecule has 3 heteroatoms. The van der Waals surface area contributed by atoms with E-state index in [1.165, 1.54) is 0 Å². The number of fused-ring (bicyclic) bond motifs is 1. The monoisotopic (exact) mass is 227 g/mol. The first-order chi connectivity index (χ1) is 8.34. The van der Waals surface area contributed by atoms with Crippen LogP contribution in [0.5, 0.6) is 11.5 Å². The summed E-state index contributed by atoms with van der Waals surface area (Å²) < 4.78 is 5.84. The molecule has 3 rings (SSSR count). The number of benzene rings is 1. The average Bonchev–Trinajstić information content (AvgIpc) is 2.40. The van der Waals surface area contributed by atoms with E-state index in [-0.39, 0.29) is 11.9 Å². The lowest BCUT2D eigenvalue weighted by Gasteiger charge is -2.26. The van der Waals surface area contributed by atoms with Gasteiger partial charge in [-0.2, -0.15) is 0 Å². The normalized spacial score (nSPS) is 18.2. The van der Waals surface area contributed by atoms with Gasteiger partial charge in [0.2, 0.25) is 0 Å². The first-order valence-corrected chi connectivity index (χ1v) is 5.73. The van der Waals surface area contributed by atoms with E-state index in [1.54, 1.807) is 12.3 Å². The fraction of sp³-hybridized carbons (Fsp3) is 0.214. The number of phenolic OH excluding ortho intramolecular Hbond substituents is 1. The molecule has 0 aliphatic carbocycles. The first-order valence-electron chi connectivity index (χ1n) is 5.73. The van der Waals surface area contributed by atoms with Crippen molar-refractivity contribution in [2.45, 2.75) is 18.9 Å². The molecule has 1 unspecified atom stereocenters. The Kier molecular flexibility index (Phi) is 2.44. The van der Waals surface area contributed by atoms with E-state index in [1.807, 2.05) is 30.3 Å². The molecule has 0 bridgehead atoms. The van der Waals surface area contributed by atoms with Crippen LogP contribution in [-0.4, -0.2) is 10.1 Å². The number of nitrogens with zero attached hydrogens (tertiary/aromatic N) is 1. The molecule has 0 saturated heterocycles. The van der Waals surface area contributed by atoms with Gasteiger partial charge in [0.05, 0.1) is 5.69 Å². The molecule has 2 heterocycles. The Balaban J connectivity index is 1.93. The zero-order chi connectivity index (χ0) is 11.7. The molecule has 1 N–H and O–H groups in total. The van der Waals surface area contributed by atoms with Crippen LogP contribution in [0.4, 0.5) is 0 Å². The van der Waals surface area contributed by atoms with Gasteiger partial charge in [0, 0.05) is 6.20 Å². The van der Waals surface area contributed by atoms with Crippen LogP contribution < -0.4 is 4.74 Å². The highest BCUT2D eigenvalue weighted by atomic mass is 16.5. The van der Waals surface area contributed by atoms with Crippen LogP contribution in [0.25, 0.3) is 0 Å². The molecule has 3 nitrogen and oxygen atoms in total. The predicted octanol–water partition coefficient (Wildman–Crippen LogP) is 2.85. The van der Waals surface area contributed by atoms with Crippen LogP contribution in [0, 0.1) is 0 Å². The molecule has 2 aromatic rings. The minimum atomic E-state index is -0.0583. The molecule has 0 spiro atoms. The van der Waals surface area contributed by atoms with Gasteiger partial charge in [0.1, 0.15) is 6.10 Å². The van der Waals surface area contributed by atoms with Crippen LogP contribution in [0.1, 0.15) is 23.8 Å². The van der Waals surface area contributed by atoms with Gasteiger partial charge < -0.3 is 9.84 Å². The fourth-order valence-electron chi connectivity index (χ4n) is 2.17. The summed E-state index contributed by atoms with van der Waals surface area (Å²) in [7, 11) is 0. The lowest BCUT2D eigenvalue weighted by Crippen LogP contribution is -2.16. The maximum absolute atomic E-state index is 9.78. The molecular formula is C14H13NO2. The van der Waals surface area contributed by atoms with E-state index >= 15 is 0 Å². The van der Waals surface area contributed by atoms with Crippen molar-refractivity contribution in [3.8, 4) is 11.5 Å². The van der Waals surface area contributed by atoms with Gasteiger partial charge in [-0.1, -0.05) is 18.2 Å². The Morgan fingerprint density at radius 3 is 2.94 bits per heavy atom. The van der Waals surface area contributed by atoms with E-state index in [4.69, 9.17) is 4.74 Å². The molecule has 0 amide bonds. The maximum atomic E-state index is 9.78. The maximum Gasteiger partial charge on any atom is 0.165 e. The summed E-state index contributed by atoms with van der Waals surface area (Å²) >= 11 is 0. The lowest BCUT2D eigenvalue weighted by atomic mass is 10.00. The minimum Gasteiger partial charge on any atom is -0.504 e. The molecule has 0 fully saturated rings. The number of hydrogen-bond acceptors (Lipinski definition) is 3. The second-order valence-electron chi connectivity index (χ2n) is 4.17. The summed E-state index contributed by atoms with van der Waals surface area (Å²) in [6.45, 7) is 0. The zero-order valence-corrected chi connectivity index (χ0v) is 9.34. The van der Waals surface area contributed by atoms with E-state index in [9.17, 15) is 5.11 Å². The summed E-state index contributed by atoms with van der Waals surface area (Å²) in [6.07, 6.45) is 3.51. The molecule has 0 saturated carbocycles. The Morgan fingerprint density at radius 1 is 1.18 bits per heavy atom. The smallest absolute Gasteiger partial charge is 0.165 e. The molecule has 0 radical (unpaired) electrons. The summed E-state index contributed by atoms with van der Waals surface area (Å²) in [6, 6.07) is 11.3. The largest absolute Gasteiger partial charge is 0.504 e. The third-order valence-electron chi connectivity index (χ3n) is 3.03. The zero-order valence-electron chi connectivity index (χ0n) is 9.34. The average molecular weight is 227 g/mol. The molecule has 1 aromatic carbocycles. The van der Waals surface area contributed by atoms with Gasteiger partial charge in [0.15, 0.2) is 11.5 Å². The highest BCUT2D eigenvalue weighted by Gasteiger charge is 2.23. The number of rotatable bonds is 1. The number of phenols is 1. The van der Waals surface area contributed by atoms with Gasteiger partial charge in [-0.3, -0.25) is 4.98 Å². The first kappa shape index (κ1) is 10.1. The molecule has 17 heavy (non-hydrogen) atoms. The van der Waals surface area contributed by atoms with Crippen LogP contribution in [-0.2, 0) is 6.42 Å². The molecule has 1 aromatic heterocycles. The highest BCUT2D eigenvalue weighted by molar-refractivity contribution is 5.47. The molecule has 1 aliphatic heterocycles. The van der Waals surface area contributed by atoms with Crippen molar-refractivity contribution in [1.29, 1.82) is 0 Å². The van der Waals surface area contributed by atoms with Gasteiger partial charge in [-0.15, -0.1) is 0 Å². The van der Waals surface area contributed by atoms with Crippen LogP contribution in [0.3, 0.4) is 0 Å². The van der Waals surface area contributed by atoms with Crippen molar-refractivity contribution in [3.63, 3.8) is 0 Å². The number of pyridine rings is 1. The third-order valence-corrected chi connectivity index (χ3v) is 3.03. The van der Waals surface area contributed by atoms with Crippen molar-refractivity contribution in [1.82, 2.24) is 4.98 Å². The van der Waals surface area contributed by atoms with E-state index < -0.39 is 0 Å². The number of aromatic nitrogens is 1. The molecule has 1 atom stereocenters. The second kappa shape index (κ2) is 4.09. The fourth-order valence-corrected chi connectivity index (χ4v) is 2.17. The Hall–Kier alpha value is -2.03. The number of hydrogen-bond donors (Lipinski definition) is 1. The van der Waals surface area contributed by atoms with Crippen LogP contribution in [0.15, 0.2) is 42.6 Å². The van der Waals surface area contributed by atoms with E-state index in [0.29, 0.717) is 5.75 Å². The highest BCUT2D eigenvalue weighted by Crippen LogP contribution is 2.39. The standard InChI is InChI=1S/C14H13NO2/c16-12-6-3-4-10-7-8-13(17-14(10)12)11-5-1-2-9-15-11/h1-6,9,13,16H,7-8H2. The van der Waals surface area contributed by atoms with Crippen molar-refractivity contribution in [3.05, 3.63) is 53.9 Å². The topological polar surface area (TPSA) is 42.4 Å². The lowest BCUT2D eigenvalue weighted by molar-refractivity contribution is 0.165. The summed E-state index contributed by atoms with van der Waals surface area (Å²) in [5.41, 5.74) is 1.98. The summed E-state index contributed by atoms with van der Waals surface area (Å²) in [5.74, 6) is 0.817. The van der Waals surface area contributed by atoms with Crippen molar-refractivity contribution >= 4 is 0 Å². The van der Waals surface area contributed by atoms with Gasteiger partial charge in [0.25, 0.3) is 0 Å². The van der Waals surface area contributed by atoms with Crippen molar-refractivity contribution in [2.75, 3.05) is 0 Å². The van der Waals surface area contributed by atoms with Gasteiger partial charge in [-0.25, -0.2) is 0 Å². The SMILES string of the molecule is Oc1cccc2c1OC(c1ccccn1)CC2. The third kappa shape index (κ3) is 1.84. The molecular weight excluding hydrogens is 214 g/mol. The quantitative estimate of drug-likeness (QED) is 0.814. The van der Waals surface area contributed by atoms with Crippen LogP contribution >= 0.6 is 0 Å².